The predicted molar refractivity (Wildman–Crippen MR) is 58.5 cm³/mol. The van der Waals surface area contributed by atoms with E-state index >= 15 is 0 Å². The SMILES string of the molecule is CC(C)(C)c1cccc(C2CCO2)c1. The summed E-state index contributed by atoms with van der Waals surface area (Å²) < 4.78 is 5.48. The van der Waals surface area contributed by atoms with E-state index in [-0.39, 0.29) is 5.41 Å². The van der Waals surface area contributed by atoms with Gasteiger partial charge in [-0.3, -0.25) is 0 Å². The molecular formula is C13H18O. The minimum atomic E-state index is 0.236. The summed E-state index contributed by atoms with van der Waals surface area (Å²) in [5.74, 6) is 0. The second-order valence-electron chi connectivity index (χ2n) is 5.02. The van der Waals surface area contributed by atoms with E-state index in [1.54, 1.807) is 0 Å². The maximum Gasteiger partial charge on any atom is 0.0847 e. The Balaban J connectivity index is 2.26. The van der Waals surface area contributed by atoms with Crippen LogP contribution in [0.5, 0.6) is 0 Å². The third kappa shape index (κ3) is 1.83. The van der Waals surface area contributed by atoms with Crippen LogP contribution in [0.3, 0.4) is 0 Å². The van der Waals surface area contributed by atoms with Crippen molar-refractivity contribution in [3.05, 3.63) is 35.4 Å². The highest BCUT2D eigenvalue weighted by atomic mass is 16.5. The van der Waals surface area contributed by atoms with Crippen LogP contribution in [0.1, 0.15) is 44.4 Å². The van der Waals surface area contributed by atoms with Gasteiger partial charge >= 0.3 is 0 Å². The molecule has 1 unspecified atom stereocenters. The van der Waals surface area contributed by atoms with E-state index in [1.807, 2.05) is 0 Å². The summed E-state index contributed by atoms with van der Waals surface area (Å²) in [7, 11) is 0. The van der Waals surface area contributed by atoms with Gasteiger partial charge in [0, 0.05) is 6.42 Å². The van der Waals surface area contributed by atoms with Gasteiger partial charge in [-0.1, -0.05) is 45.0 Å². The lowest BCUT2D eigenvalue weighted by Crippen LogP contribution is -2.19. The zero-order valence-electron chi connectivity index (χ0n) is 9.21. The summed E-state index contributed by atoms with van der Waals surface area (Å²) in [6.07, 6.45) is 1.53. The van der Waals surface area contributed by atoms with E-state index < -0.39 is 0 Å². The molecule has 1 heteroatoms. The van der Waals surface area contributed by atoms with Crippen molar-refractivity contribution in [3.8, 4) is 0 Å². The van der Waals surface area contributed by atoms with Crippen LogP contribution in [0.15, 0.2) is 24.3 Å². The van der Waals surface area contributed by atoms with Crippen LogP contribution in [-0.4, -0.2) is 6.61 Å². The maximum atomic E-state index is 5.48. The molecule has 0 radical (unpaired) electrons. The van der Waals surface area contributed by atoms with Gasteiger partial charge in [0.2, 0.25) is 0 Å². The highest BCUT2D eigenvalue weighted by Gasteiger charge is 2.22. The molecule has 0 aliphatic carbocycles. The Morgan fingerprint density at radius 1 is 1.29 bits per heavy atom. The Morgan fingerprint density at radius 2 is 2.00 bits per heavy atom. The summed E-state index contributed by atoms with van der Waals surface area (Å²) in [5.41, 5.74) is 2.97. The fourth-order valence-corrected chi connectivity index (χ4v) is 1.70. The van der Waals surface area contributed by atoms with Gasteiger partial charge in [-0.05, 0) is 16.5 Å². The maximum absolute atomic E-state index is 5.48. The van der Waals surface area contributed by atoms with Gasteiger partial charge in [-0.2, -0.15) is 0 Å². The van der Waals surface area contributed by atoms with Crippen molar-refractivity contribution in [1.29, 1.82) is 0 Å². The Bertz CT molecular complexity index is 318. The molecule has 1 aliphatic rings. The Hall–Kier alpha value is -0.820. The Labute approximate surface area is 86.1 Å². The van der Waals surface area contributed by atoms with Gasteiger partial charge < -0.3 is 4.74 Å². The highest BCUT2D eigenvalue weighted by molar-refractivity contribution is 5.30. The summed E-state index contributed by atoms with van der Waals surface area (Å²) in [4.78, 5) is 0. The Kier molecular flexibility index (Phi) is 2.36. The van der Waals surface area contributed by atoms with Crippen molar-refractivity contribution >= 4 is 0 Å². The Morgan fingerprint density at radius 3 is 2.50 bits per heavy atom. The van der Waals surface area contributed by atoms with Gasteiger partial charge in [0.1, 0.15) is 0 Å². The summed E-state index contributed by atoms with van der Waals surface area (Å²) >= 11 is 0. The van der Waals surface area contributed by atoms with Crippen molar-refractivity contribution in [2.75, 3.05) is 6.61 Å². The van der Waals surface area contributed by atoms with Crippen LogP contribution in [0, 0.1) is 0 Å². The lowest BCUT2D eigenvalue weighted by Gasteiger charge is -2.28. The second-order valence-corrected chi connectivity index (χ2v) is 5.02. The van der Waals surface area contributed by atoms with E-state index in [2.05, 4.69) is 45.0 Å². The van der Waals surface area contributed by atoms with E-state index in [4.69, 9.17) is 4.74 Å². The van der Waals surface area contributed by atoms with Gasteiger partial charge in [-0.25, -0.2) is 0 Å². The molecular weight excluding hydrogens is 172 g/mol. The first-order valence-corrected chi connectivity index (χ1v) is 5.29. The average molecular weight is 190 g/mol. The topological polar surface area (TPSA) is 9.23 Å². The molecule has 0 saturated carbocycles. The molecule has 0 amide bonds. The number of hydrogen-bond donors (Lipinski definition) is 0. The molecule has 0 aromatic heterocycles. The number of hydrogen-bond acceptors (Lipinski definition) is 1. The quantitative estimate of drug-likeness (QED) is 0.659. The van der Waals surface area contributed by atoms with Gasteiger partial charge in [-0.15, -0.1) is 0 Å². The smallest absolute Gasteiger partial charge is 0.0847 e. The molecule has 14 heavy (non-hydrogen) atoms. The number of benzene rings is 1. The number of ether oxygens (including phenoxy) is 1. The van der Waals surface area contributed by atoms with Crippen molar-refractivity contribution in [3.63, 3.8) is 0 Å². The van der Waals surface area contributed by atoms with E-state index in [1.165, 1.54) is 17.5 Å². The molecule has 2 rings (SSSR count). The first kappa shape index (κ1) is 9.72. The van der Waals surface area contributed by atoms with E-state index in [0.717, 1.165) is 6.61 Å². The normalized spacial score (nSPS) is 21.8. The van der Waals surface area contributed by atoms with Crippen LogP contribution in [0.25, 0.3) is 0 Å². The van der Waals surface area contributed by atoms with Gasteiger partial charge in [0.25, 0.3) is 0 Å². The van der Waals surface area contributed by atoms with Crippen LogP contribution >= 0.6 is 0 Å². The molecule has 76 valence electrons. The van der Waals surface area contributed by atoms with Crippen LogP contribution in [0.4, 0.5) is 0 Å². The monoisotopic (exact) mass is 190 g/mol. The molecule has 1 aliphatic heterocycles. The lowest BCUT2D eigenvalue weighted by atomic mass is 9.85. The van der Waals surface area contributed by atoms with E-state index in [9.17, 15) is 0 Å². The summed E-state index contributed by atoms with van der Waals surface area (Å²) in [6.45, 7) is 7.65. The standard InChI is InChI=1S/C13H18O/c1-13(2,3)11-6-4-5-10(9-11)12-7-8-14-12/h4-6,9,12H,7-8H2,1-3H3. The third-order valence-electron chi connectivity index (χ3n) is 2.82. The van der Waals surface area contributed by atoms with Crippen LogP contribution in [-0.2, 0) is 10.2 Å². The molecule has 1 saturated heterocycles. The fraction of sp³-hybridized carbons (Fsp3) is 0.538. The highest BCUT2D eigenvalue weighted by Crippen LogP contribution is 2.32. The van der Waals surface area contributed by atoms with E-state index in [0.29, 0.717) is 6.10 Å². The minimum Gasteiger partial charge on any atom is -0.373 e. The average Bonchev–Trinajstić information content (AvgIpc) is 2.00. The van der Waals surface area contributed by atoms with Gasteiger partial charge in [0.05, 0.1) is 12.7 Å². The molecule has 1 heterocycles. The summed E-state index contributed by atoms with van der Waals surface area (Å²) in [5, 5.41) is 0. The van der Waals surface area contributed by atoms with Crippen LogP contribution < -0.4 is 0 Å². The zero-order chi connectivity index (χ0) is 10.2. The fourth-order valence-electron chi connectivity index (χ4n) is 1.70. The van der Waals surface area contributed by atoms with Crippen molar-refractivity contribution < 1.29 is 4.74 Å². The molecule has 0 spiro atoms. The third-order valence-corrected chi connectivity index (χ3v) is 2.82. The first-order chi connectivity index (χ1) is 6.57. The minimum absolute atomic E-state index is 0.236. The largest absolute Gasteiger partial charge is 0.373 e. The summed E-state index contributed by atoms with van der Waals surface area (Å²) in [6, 6.07) is 8.78. The zero-order valence-corrected chi connectivity index (χ0v) is 9.21. The molecule has 0 bridgehead atoms. The van der Waals surface area contributed by atoms with Gasteiger partial charge in [0.15, 0.2) is 0 Å². The van der Waals surface area contributed by atoms with Crippen molar-refractivity contribution in [1.82, 2.24) is 0 Å². The first-order valence-electron chi connectivity index (χ1n) is 5.29. The molecule has 1 atom stereocenters. The van der Waals surface area contributed by atoms with Crippen molar-refractivity contribution in [2.45, 2.75) is 38.7 Å². The van der Waals surface area contributed by atoms with Crippen molar-refractivity contribution in [2.24, 2.45) is 0 Å². The second kappa shape index (κ2) is 3.39. The number of rotatable bonds is 1. The molecule has 1 aromatic carbocycles. The molecule has 1 fully saturated rings. The molecule has 1 nitrogen and oxygen atoms in total. The van der Waals surface area contributed by atoms with Crippen LogP contribution in [0.2, 0.25) is 0 Å². The lowest BCUT2D eigenvalue weighted by molar-refractivity contribution is -0.0527. The predicted octanol–water partition coefficient (Wildman–Crippen LogP) is 3.45. The molecule has 0 N–H and O–H groups in total. The molecule has 1 aromatic rings.